The second-order valence-electron chi connectivity index (χ2n) is 5.44. The summed E-state index contributed by atoms with van der Waals surface area (Å²) in [7, 11) is -3.16. The molecular weight excluding hydrogens is 294 g/mol. The van der Waals surface area contributed by atoms with E-state index in [1.807, 2.05) is 0 Å². The molecule has 1 aliphatic carbocycles. The minimum absolute atomic E-state index is 0.0935. The van der Waals surface area contributed by atoms with Crippen molar-refractivity contribution >= 4 is 27.4 Å². The summed E-state index contributed by atoms with van der Waals surface area (Å²) in [6.07, 6.45) is 1.50. The molecule has 2 unspecified atom stereocenters. The average Bonchev–Trinajstić information content (AvgIpc) is 3.12. The number of nitrogens with one attached hydrogen (secondary N) is 1. The molecule has 21 heavy (non-hydrogen) atoms. The van der Waals surface area contributed by atoms with Gasteiger partial charge in [-0.05, 0) is 30.5 Å². The van der Waals surface area contributed by atoms with Gasteiger partial charge in [-0.2, -0.15) is 0 Å². The molecule has 0 heterocycles. The van der Waals surface area contributed by atoms with Crippen molar-refractivity contribution in [3.05, 3.63) is 29.3 Å². The molecule has 7 heteroatoms. The molecule has 0 bridgehead atoms. The molecule has 114 valence electrons. The predicted octanol–water partition coefficient (Wildman–Crippen LogP) is 1.20. The van der Waals surface area contributed by atoms with Crippen LogP contribution in [0.2, 0.25) is 0 Å². The Morgan fingerprint density at radius 2 is 2.00 bits per heavy atom. The molecule has 1 amide bonds. The van der Waals surface area contributed by atoms with Crippen molar-refractivity contribution < 1.29 is 23.1 Å². The Bertz CT molecular complexity index is 695. The average molecular weight is 311 g/mol. The highest BCUT2D eigenvalue weighted by Gasteiger charge is 2.48. The second kappa shape index (κ2) is 5.48. The Balaban J connectivity index is 2.13. The van der Waals surface area contributed by atoms with Gasteiger partial charge in [0.05, 0.1) is 17.6 Å². The summed E-state index contributed by atoms with van der Waals surface area (Å²) < 4.78 is 22.7. The first kappa shape index (κ1) is 15.5. The van der Waals surface area contributed by atoms with Crippen LogP contribution in [-0.2, 0) is 25.2 Å². The van der Waals surface area contributed by atoms with E-state index in [1.54, 1.807) is 25.1 Å². The Kier molecular flexibility index (Phi) is 4.04. The molecule has 1 aromatic rings. The summed E-state index contributed by atoms with van der Waals surface area (Å²) in [5.74, 6) is -2.49. The molecule has 2 atom stereocenters. The van der Waals surface area contributed by atoms with Gasteiger partial charge in [-0.25, -0.2) is 8.42 Å². The molecule has 1 aromatic carbocycles. The maximum atomic E-state index is 11.9. The lowest BCUT2D eigenvalue weighted by molar-refractivity contribution is -0.139. The first-order chi connectivity index (χ1) is 9.69. The lowest BCUT2D eigenvalue weighted by Gasteiger charge is -2.12. The molecule has 1 saturated carbocycles. The standard InChI is InChI=1S/C14H17NO5S/c1-8-9(7-21(2,19)20)4-3-5-12(8)15-13(16)10-6-11(10)14(17)18/h3-5,10-11H,6-7H2,1-2H3,(H,15,16)(H,17,18). The fourth-order valence-electron chi connectivity index (χ4n) is 2.24. The van der Waals surface area contributed by atoms with Crippen LogP contribution in [0, 0.1) is 18.8 Å². The normalized spacial score (nSPS) is 20.9. The van der Waals surface area contributed by atoms with E-state index in [2.05, 4.69) is 5.32 Å². The number of aliphatic carboxylic acids is 1. The van der Waals surface area contributed by atoms with Crippen LogP contribution in [0.5, 0.6) is 0 Å². The largest absolute Gasteiger partial charge is 0.481 e. The third-order valence-electron chi connectivity index (χ3n) is 3.57. The number of rotatable bonds is 5. The van der Waals surface area contributed by atoms with Crippen LogP contribution >= 0.6 is 0 Å². The minimum Gasteiger partial charge on any atom is -0.481 e. The lowest BCUT2D eigenvalue weighted by Crippen LogP contribution is -2.18. The number of hydrogen-bond donors (Lipinski definition) is 2. The van der Waals surface area contributed by atoms with Crippen LogP contribution in [0.3, 0.4) is 0 Å². The number of benzene rings is 1. The summed E-state index contributed by atoms with van der Waals surface area (Å²) in [6.45, 7) is 1.73. The maximum absolute atomic E-state index is 11.9. The van der Waals surface area contributed by atoms with Crippen molar-refractivity contribution in [2.45, 2.75) is 19.1 Å². The fraction of sp³-hybridized carbons (Fsp3) is 0.429. The first-order valence-corrected chi connectivity index (χ1v) is 8.55. The van der Waals surface area contributed by atoms with Crippen LogP contribution in [0.1, 0.15) is 17.5 Å². The number of carboxylic acid groups (broad SMARTS) is 1. The number of sulfone groups is 1. The summed E-state index contributed by atoms with van der Waals surface area (Å²) in [6, 6.07) is 5.05. The molecule has 0 saturated heterocycles. The van der Waals surface area contributed by atoms with Crippen LogP contribution in [0.15, 0.2) is 18.2 Å². The molecule has 0 aliphatic heterocycles. The highest BCUT2D eigenvalue weighted by Crippen LogP contribution is 2.39. The highest BCUT2D eigenvalue weighted by molar-refractivity contribution is 7.89. The maximum Gasteiger partial charge on any atom is 0.307 e. The third kappa shape index (κ3) is 3.81. The molecule has 0 radical (unpaired) electrons. The Labute approximate surface area is 123 Å². The Morgan fingerprint density at radius 3 is 2.52 bits per heavy atom. The van der Waals surface area contributed by atoms with E-state index in [1.165, 1.54) is 0 Å². The summed E-state index contributed by atoms with van der Waals surface area (Å²) >= 11 is 0. The van der Waals surface area contributed by atoms with E-state index in [0.717, 1.165) is 6.26 Å². The quantitative estimate of drug-likeness (QED) is 0.851. The van der Waals surface area contributed by atoms with E-state index in [0.29, 0.717) is 23.2 Å². The molecule has 6 nitrogen and oxygen atoms in total. The van der Waals surface area contributed by atoms with Gasteiger partial charge in [-0.15, -0.1) is 0 Å². The van der Waals surface area contributed by atoms with Gasteiger partial charge in [0.1, 0.15) is 0 Å². The molecule has 2 rings (SSSR count). The third-order valence-corrected chi connectivity index (χ3v) is 4.40. The predicted molar refractivity (Wildman–Crippen MR) is 77.6 cm³/mol. The van der Waals surface area contributed by atoms with E-state index in [4.69, 9.17) is 5.11 Å². The van der Waals surface area contributed by atoms with Gasteiger partial charge in [0.25, 0.3) is 0 Å². The van der Waals surface area contributed by atoms with E-state index < -0.39 is 27.6 Å². The van der Waals surface area contributed by atoms with Crippen molar-refractivity contribution in [3.63, 3.8) is 0 Å². The van der Waals surface area contributed by atoms with E-state index >= 15 is 0 Å². The monoisotopic (exact) mass is 311 g/mol. The van der Waals surface area contributed by atoms with Crippen molar-refractivity contribution in [1.82, 2.24) is 0 Å². The highest BCUT2D eigenvalue weighted by atomic mass is 32.2. The number of carbonyl (C=O) groups excluding carboxylic acids is 1. The van der Waals surface area contributed by atoms with Crippen molar-refractivity contribution in [2.75, 3.05) is 11.6 Å². The van der Waals surface area contributed by atoms with Gasteiger partial charge < -0.3 is 10.4 Å². The zero-order valence-electron chi connectivity index (χ0n) is 11.8. The van der Waals surface area contributed by atoms with Crippen LogP contribution < -0.4 is 5.32 Å². The van der Waals surface area contributed by atoms with Gasteiger partial charge in [0.2, 0.25) is 5.91 Å². The SMILES string of the molecule is Cc1c(CS(C)(=O)=O)cccc1NC(=O)C1CC1C(=O)O. The van der Waals surface area contributed by atoms with Crippen molar-refractivity contribution in [2.24, 2.45) is 11.8 Å². The minimum atomic E-state index is -3.16. The summed E-state index contributed by atoms with van der Waals surface area (Å²) in [4.78, 5) is 22.7. The van der Waals surface area contributed by atoms with Crippen molar-refractivity contribution in [1.29, 1.82) is 0 Å². The molecule has 1 fully saturated rings. The van der Waals surface area contributed by atoms with Crippen LogP contribution in [0.4, 0.5) is 5.69 Å². The number of anilines is 1. The molecular formula is C14H17NO5S. The number of hydrogen-bond acceptors (Lipinski definition) is 4. The van der Waals surface area contributed by atoms with Gasteiger partial charge in [-0.3, -0.25) is 9.59 Å². The zero-order chi connectivity index (χ0) is 15.8. The number of amides is 1. The first-order valence-electron chi connectivity index (χ1n) is 6.49. The topological polar surface area (TPSA) is 101 Å². The smallest absolute Gasteiger partial charge is 0.307 e. The molecule has 2 N–H and O–H groups in total. The van der Waals surface area contributed by atoms with Gasteiger partial charge in [-0.1, -0.05) is 12.1 Å². The van der Waals surface area contributed by atoms with Crippen molar-refractivity contribution in [3.8, 4) is 0 Å². The molecule has 0 spiro atoms. The van der Waals surface area contributed by atoms with Gasteiger partial charge >= 0.3 is 5.97 Å². The zero-order valence-corrected chi connectivity index (χ0v) is 12.6. The second-order valence-corrected chi connectivity index (χ2v) is 7.58. The lowest BCUT2D eigenvalue weighted by atomic mass is 10.1. The number of carbonyl (C=O) groups is 2. The van der Waals surface area contributed by atoms with Crippen LogP contribution in [0.25, 0.3) is 0 Å². The van der Waals surface area contributed by atoms with Crippen LogP contribution in [-0.4, -0.2) is 31.7 Å². The van der Waals surface area contributed by atoms with E-state index in [-0.39, 0.29) is 11.7 Å². The van der Waals surface area contributed by atoms with Gasteiger partial charge in [0.15, 0.2) is 9.84 Å². The van der Waals surface area contributed by atoms with E-state index in [9.17, 15) is 18.0 Å². The molecule has 0 aromatic heterocycles. The fourth-order valence-corrected chi connectivity index (χ4v) is 3.12. The van der Waals surface area contributed by atoms with Gasteiger partial charge in [0, 0.05) is 11.9 Å². The Hall–Kier alpha value is -1.89. The number of carboxylic acids is 1. The Morgan fingerprint density at radius 1 is 1.33 bits per heavy atom. The molecule has 1 aliphatic rings. The summed E-state index contributed by atoms with van der Waals surface area (Å²) in [5, 5.41) is 11.5. The summed E-state index contributed by atoms with van der Waals surface area (Å²) in [5.41, 5.74) is 1.84.